The summed E-state index contributed by atoms with van der Waals surface area (Å²) in [4.78, 5) is 12.7. The maximum absolute atomic E-state index is 12.5. The molecule has 0 radical (unpaired) electrons. The molecule has 0 bridgehead atoms. The molecule has 8 nitrogen and oxygen atoms in total. The number of sulfonamides is 1. The summed E-state index contributed by atoms with van der Waals surface area (Å²) >= 11 is 2.63. The van der Waals surface area contributed by atoms with Crippen LogP contribution in [0.25, 0.3) is 0 Å². The zero-order valence-electron chi connectivity index (χ0n) is 18.5. The molecule has 11 heteroatoms. The first-order valence-corrected chi connectivity index (χ1v) is 12.9. The van der Waals surface area contributed by atoms with Crippen molar-refractivity contribution in [3.63, 3.8) is 0 Å². The van der Waals surface area contributed by atoms with Gasteiger partial charge in [0, 0.05) is 25.5 Å². The molecule has 0 saturated carbocycles. The molecule has 0 spiro atoms. The highest BCUT2D eigenvalue weighted by Gasteiger charge is 2.20. The predicted octanol–water partition coefficient (Wildman–Crippen LogP) is 4.19. The highest BCUT2D eigenvalue weighted by atomic mass is 32.2. The molecule has 0 fully saturated rings. The van der Waals surface area contributed by atoms with E-state index in [0.29, 0.717) is 15.2 Å². The van der Waals surface area contributed by atoms with Crippen molar-refractivity contribution in [1.82, 2.24) is 14.5 Å². The number of hydrogen-bond acceptors (Lipinski definition) is 8. The van der Waals surface area contributed by atoms with Gasteiger partial charge < -0.3 is 10.6 Å². The number of amides is 1. The van der Waals surface area contributed by atoms with Gasteiger partial charge in [-0.2, -0.15) is 0 Å². The summed E-state index contributed by atoms with van der Waals surface area (Å²) in [5.74, 6) is -0.123. The van der Waals surface area contributed by atoms with Gasteiger partial charge in [-0.25, -0.2) is 12.7 Å². The van der Waals surface area contributed by atoms with Gasteiger partial charge in [-0.15, -0.1) is 10.2 Å². The molecule has 0 atom stereocenters. The lowest BCUT2D eigenvalue weighted by atomic mass is 10.1. The largest absolute Gasteiger partial charge is 0.330 e. The number of aromatic nitrogens is 2. The maximum atomic E-state index is 12.5. The third-order valence-electron chi connectivity index (χ3n) is 4.70. The van der Waals surface area contributed by atoms with Crippen LogP contribution in [0.5, 0.6) is 0 Å². The van der Waals surface area contributed by atoms with Crippen LogP contribution >= 0.6 is 23.1 Å². The molecular formula is C21H25N5O3S3. The van der Waals surface area contributed by atoms with Crippen molar-refractivity contribution >= 4 is 55.5 Å². The van der Waals surface area contributed by atoms with Crippen LogP contribution in [0.4, 0.5) is 16.5 Å². The fourth-order valence-corrected chi connectivity index (χ4v) is 5.38. The van der Waals surface area contributed by atoms with Gasteiger partial charge in [0.2, 0.25) is 21.1 Å². The number of nitrogens with one attached hydrogen (secondary N) is 2. The third kappa shape index (κ3) is 5.85. The fourth-order valence-electron chi connectivity index (χ4n) is 2.79. The number of hydrogen-bond donors (Lipinski definition) is 2. The minimum Gasteiger partial charge on any atom is -0.330 e. The molecule has 0 aliphatic carbocycles. The predicted molar refractivity (Wildman–Crippen MR) is 131 cm³/mol. The van der Waals surface area contributed by atoms with Crippen molar-refractivity contribution in [2.45, 2.75) is 30.0 Å². The zero-order valence-corrected chi connectivity index (χ0v) is 20.9. The molecule has 32 heavy (non-hydrogen) atoms. The van der Waals surface area contributed by atoms with E-state index in [-0.39, 0.29) is 16.6 Å². The van der Waals surface area contributed by atoms with Crippen molar-refractivity contribution in [3.8, 4) is 0 Å². The van der Waals surface area contributed by atoms with Crippen LogP contribution in [-0.4, -0.2) is 48.7 Å². The Morgan fingerprint density at radius 3 is 2.56 bits per heavy atom. The summed E-state index contributed by atoms with van der Waals surface area (Å²) in [5, 5.41) is 14.9. The van der Waals surface area contributed by atoms with E-state index < -0.39 is 10.0 Å². The van der Waals surface area contributed by atoms with Gasteiger partial charge in [0.1, 0.15) is 0 Å². The number of thioether (sulfide) groups is 1. The van der Waals surface area contributed by atoms with E-state index in [0.717, 1.165) is 26.7 Å². The van der Waals surface area contributed by atoms with E-state index in [4.69, 9.17) is 0 Å². The summed E-state index contributed by atoms with van der Waals surface area (Å²) in [7, 11) is -0.651. The average Bonchev–Trinajstić information content (AvgIpc) is 3.16. The minimum atomic E-state index is -3.60. The van der Waals surface area contributed by atoms with Crippen LogP contribution in [0.2, 0.25) is 0 Å². The third-order valence-corrected chi connectivity index (χ3v) is 8.46. The monoisotopic (exact) mass is 491 g/mol. The Balaban J connectivity index is 1.64. The minimum absolute atomic E-state index is 0.127. The van der Waals surface area contributed by atoms with Gasteiger partial charge >= 0.3 is 0 Å². The lowest BCUT2D eigenvalue weighted by molar-refractivity contribution is -0.113. The topological polar surface area (TPSA) is 104 Å². The van der Waals surface area contributed by atoms with E-state index in [1.54, 1.807) is 6.07 Å². The number of benzene rings is 2. The Morgan fingerprint density at radius 1 is 1.12 bits per heavy atom. The Hall–Kier alpha value is -2.47. The lowest BCUT2D eigenvalue weighted by Gasteiger charge is -2.16. The Kier molecular flexibility index (Phi) is 7.55. The van der Waals surface area contributed by atoms with Crippen molar-refractivity contribution in [1.29, 1.82) is 0 Å². The molecule has 0 aliphatic rings. The van der Waals surface area contributed by atoms with E-state index in [1.165, 1.54) is 43.3 Å². The lowest BCUT2D eigenvalue weighted by Crippen LogP contribution is -2.23. The number of rotatable bonds is 8. The second kappa shape index (κ2) is 9.99. The van der Waals surface area contributed by atoms with Crippen molar-refractivity contribution in [2.24, 2.45) is 0 Å². The van der Waals surface area contributed by atoms with Crippen molar-refractivity contribution in [2.75, 3.05) is 30.5 Å². The molecule has 3 rings (SSSR count). The molecule has 3 aromatic rings. The number of aryl methyl sites for hydroxylation is 2. The average molecular weight is 492 g/mol. The second-order valence-corrected chi connectivity index (χ2v) is 11.8. The zero-order chi connectivity index (χ0) is 23.5. The van der Waals surface area contributed by atoms with Gasteiger partial charge in [-0.1, -0.05) is 35.2 Å². The first-order valence-electron chi connectivity index (χ1n) is 9.70. The summed E-state index contributed by atoms with van der Waals surface area (Å²) in [6.45, 7) is 5.68. The molecule has 2 aromatic carbocycles. The van der Waals surface area contributed by atoms with Crippen LogP contribution in [-0.2, 0) is 14.8 Å². The van der Waals surface area contributed by atoms with Gasteiger partial charge in [-0.3, -0.25) is 4.79 Å². The van der Waals surface area contributed by atoms with Gasteiger partial charge in [0.15, 0.2) is 4.34 Å². The maximum Gasteiger partial charge on any atom is 0.242 e. The van der Waals surface area contributed by atoms with E-state index >= 15 is 0 Å². The first-order chi connectivity index (χ1) is 15.1. The molecule has 0 unspecified atom stereocenters. The molecule has 170 valence electrons. The molecule has 2 N–H and O–H groups in total. The number of carbonyl (C=O) groups excluding carboxylic acids is 1. The summed E-state index contributed by atoms with van der Waals surface area (Å²) in [6, 6.07) is 11.0. The van der Waals surface area contributed by atoms with Crippen LogP contribution in [0.1, 0.15) is 16.7 Å². The summed E-state index contributed by atoms with van der Waals surface area (Å²) in [6.07, 6.45) is 0. The standard InChI is InChI=1S/C21H25N5O3S3/c1-13-7-6-8-16(9-13)22-20-24-25-21(31-20)30-12-19(27)23-18-11-17(10-14(2)15(18)3)32(28,29)26(4)5/h6-11H,12H2,1-5H3,(H,22,24)(H,23,27). The van der Waals surface area contributed by atoms with Crippen LogP contribution in [0.3, 0.4) is 0 Å². The highest BCUT2D eigenvalue weighted by Crippen LogP contribution is 2.29. The molecule has 1 amide bonds. The molecule has 0 saturated heterocycles. The van der Waals surface area contributed by atoms with Crippen molar-refractivity contribution in [3.05, 3.63) is 53.1 Å². The van der Waals surface area contributed by atoms with Crippen LogP contribution in [0, 0.1) is 20.8 Å². The van der Waals surface area contributed by atoms with Gasteiger partial charge in [0.25, 0.3) is 0 Å². The van der Waals surface area contributed by atoms with Crippen LogP contribution < -0.4 is 10.6 Å². The first kappa shape index (κ1) is 24.2. The molecule has 0 aliphatic heterocycles. The normalized spacial score (nSPS) is 11.6. The van der Waals surface area contributed by atoms with E-state index in [1.807, 2.05) is 45.0 Å². The molecule has 1 heterocycles. The van der Waals surface area contributed by atoms with Crippen LogP contribution in [0.15, 0.2) is 45.6 Å². The number of nitrogens with zero attached hydrogens (tertiary/aromatic N) is 3. The SMILES string of the molecule is Cc1cccc(Nc2nnc(SCC(=O)Nc3cc(S(=O)(=O)N(C)C)cc(C)c3C)s2)c1. The smallest absolute Gasteiger partial charge is 0.242 e. The summed E-state index contributed by atoms with van der Waals surface area (Å²) in [5.41, 5.74) is 4.15. The van der Waals surface area contributed by atoms with Crippen molar-refractivity contribution < 1.29 is 13.2 Å². The quantitative estimate of drug-likeness (QED) is 0.455. The Labute approximate surface area is 196 Å². The number of carbonyl (C=O) groups is 1. The summed E-state index contributed by atoms with van der Waals surface area (Å²) < 4.78 is 26.8. The van der Waals surface area contributed by atoms with Gasteiger partial charge in [-0.05, 0) is 61.7 Å². The Morgan fingerprint density at radius 2 is 1.88 bits per heavy atom. The molecular weight excluding hydrogens is 466 g/mol. The molecule has 1 aromatic heterocycles. The Bertz CT molecular complexity index is 1240. The second-order valence-electron chi connectivity index (χ2n) is 7.40. The van der Waals surface area contributed by atoms with E-state index in [9.17, 15) is 13.2 Å². The van der Waals surface area contributed by atoms with E-state index in [2.05, 4.69) is 20.8 Å². The highest BCUT2D eigenvalue weighted by molar-refractivity contribution is 8.01. The number of anilines is 3. The van der Waals surface area contributed by atoms with Gasteiger partial charge in [0.05, 0.1) is 10.6 Å². The fraction of sp³-hybridized carbons (Fsp3) is 0.286.